The van der Waals surface area contributed by atoms with Crippen LogP contribution in [0.5, 0.6) is 0 Å². The Labute approximate surface area is 93.0 Å². The number of esters is 2. The molecule has 5 unspecified atom stereocenters. The lowest BCUT2D eigenvalue weighted by molar-refractivity contribution is -0.192. The van der Waals surface area contributed by atoms with Crippen LogP contribution >= 0.6 is 0 Å². The average Bonchev–Trinajstić information content (AvgIpc) is 2.80. The zero-order valence-electron chi connectivity index (χ0n) is 9.05. The lowest BCUT2D eigenvalue weighted by Gasteiger charge is -2.31. The van der Waals surface area contributed by atoms with Gasteiger partial charge in [-0.1, -0.05) is 0 Å². The molecule has 0 aromatic heterocycles. The van der Waals surface area contributed by atoms with Gasteiger partial charge >= 0.3 is 11.9 Å². The molecule has 3 aliphatic rings. The quantitative estimate of drug-likeness (QED) is 0.480. The van der Waals surface area contributed by atoms with Crippen molar-refractivity contribution in [3.05, 3.63) is 0 Å². The van der Waals surface area contributed by atoms with Gasteiger partial charge in [-0.3, -0.25) is 9.59 Å². The molecule has 0 amide bonds. The normalized spacial score (nSPS) is 45.1. The molecule has 0 spiro atoms. The van der Waals surface area contributed by atoms with Gasteiger partial charge in [0.2, 0.25) is 6.29 Å². The van der Waals surface area contributed by atoms with Crippen LogP contribution in [0.15, 0.2) is 0 Å². The van der Waals surface area contributed by atoms with Crippen molar-refractivity contribution < 1.29 is 23.8 Å². The van der Waals surface area contributed by atoms with Gasteiger partial charge in [0, 0.05) is 5.92 Å². The molecule has 1 aliphatic carbocycles. The van der Waals surface area contributed by atoms with Crippen LogP contribution in [0, 0.1) is 17.8 Å². The van der Waals surface area contributed by atoms with Crippen LogP contribution < -0.4 is 0 Å². The number of rotatable bonds is 1. The van der Waals surface area contributed by atoms with E-state index >= 15 is 0 Å². The first-order valence-corrected chi connectivity index (χ1v) is 5.64. The van der Waals surface area contributed by atoms with Crippen molar-refractivity contribution in [2.45, 2.75) is 31.7 Å². The second kappa shape index (κ2) is 3.45. The minimum absolute atomic E-state index is 0.140. The van der Waals surface area contributed by atoms with Crippen LogP contribution in [-0.4, -0.2) is 31.4 Å². The second-order valence-electron chi connectivity index (χ2n) is 4.71. The molecule has 0 aromatic rings. The monoisotopic (exact) mass is 226 g/mol. The fourth-order valence-corrected chi connectivity index (χ4v) is 3.21. The predicted molar refractivity (Wildman–Crippen MR) is 51.1 cm³/mol. The number of ether oxygens (including phenoxy) is 3. The Balaban J connectivity index is 1.89. The van der Waals surface area contributed by atoms with Gasteiger partial charge in [-0.2, -0.15) is 0 Å². The van der Waals surface area contributed by atoms with Crippen LogP contribution in [0.2, 0.25) is 0 Å². The van der Waals surface area contributed by atoms with E-state index in [0.29, 0.717) is 5.92 Å². The van der Waals surface area contributed by atoms with E-state index in [4.69, 9.17) is 9.47 Å². The van der Waals surface area contributed by atoms with Crippen molar-refractivity contribution >= 4 is 11.9 Å². The topological polar surface area (TPSA) is 61.8 Å². The zero-order valence-corrected chi connectivity index (χ0v) is 9.05. The molecule has 0 aromatic carbocycles. The summed E-state index contributed by atoms with van der Waals surface area (Å²) in [5.74, 6) is -1.54. The standard InChI is InChI=1S/C11H14O5/c1-14-9(12)8-7-5-2-3-6(4-5)15-11(7)16-10(8)13/h5-8,11H,2-4H2,1H3. The van der Waals surface area contributed by atoms with Crippen LogP contribution in [-0.2, 0) is 23.8 Å². The van der Waals surface area contributed by atoms with Crippen molar-refractivity contribution in [1.82, 2.24) is 0 Å². The van der Waals surface area contributed by atoms with Gasteiger partial charge in [0.1, 0.15) is 0 Å². The Morgan fingerprint density at radius 1 is 1.44 bits per heavy atom. The van der Waals surface area contributed by atoms with Crippen LogP contribution in [0.25, 0.3) is 0 Å². The molecule has 1 saturated carbocycles. The molecule has 16 heavy (non-hydrogen) atoms. The summed E-state index contributed by atoms with van der Waals surface area (Å²) < 4.78 is 15.4. The molecule has 88 valence electrons. The van der Waals surface area contributed by atoms with Crippen LogP contribution in [0.4, 0.5) is 0 Å². The van der Waals surface area contributed by atoms with Crippen molar-refractivity contribution in [1.29, 1.82) is 0 Å². The van der Waals surface area contributed by atoms with Crippen molar-refractivity contribution in [2.24, 2.45) is 17.8 Å². The average molecular weight is 226 g/mol. The molecule has 5 nitrogen and oxygen atoms in total. The first kappa shape index (κ1) is 10.1. The molecule has 0 radical (unpaired) electrons. The minimum Gasteiger partial charge on any atom is -0.468 e. The van der Waals surface area contributed by atoms with E-state index in [2.05, 4.69) is 4.74 Å². The first-order valence-electron chi connectivity index (χ1n) is 5.64. The maximum atomic E-state index is 11.6. The maximum Gasteiger partial charge on any atom is 0.323 e. The number of methoxy groups -OCH3 is 1. The summed E-state index contributed by atoms with van der Waals surface area (Å²) in [7, 11) is 1.30. The number of carbonyl (C=O) groups excluding carboxylic acids is 2. The van der Waals surface area contributed by atoms with E-state index in [9.17, 15) is 9.59 Å². The molecule has 3 rings (SSSR count). The third-order valence-electron chi connectivity index (χ3n) is 3.94. The van der Waals surface area contributed by atoms with Crippen molar-refractivity contribution in [3.8, 4) is 0 Å². The fourth-order valence-electron chi connectivity index (χ4n) is 3.21. The smallest absolute Gasteiger partial charge is 0.323 e. The van der Waals surface area contributed by atoms with Gasteiger partial charge in [-0.15, -0.1) is 0 Å². The summed E-state index contributed by atoms with van der Waals surface area (Å²) in [5, 5.41) is 0. The van der Waals surface area contributed by atoms with Crippen LogP contribution in [0.1, 0.15) is 19.3 Å². The minimum atomic E-state index is -0.779. The third-order valence-corrected chi connectivity index (χ3v) is 3.94. The molecule has 3 fully saturated rings. The molecule has 0 N–H and O–H groups in total. The van der Waals surface area contributed by atoms with Crippen molar-refractivity contribution in [2.75, 3.05) is 7.11 Å². The Kier molecular flexibility index (Phi) is 2.17. The molecule has 2 saturated heterocycles. The Morgan fingerprint density at radius 2 is 2.25 bits per heavy atom. The van der Waals surface area contributed by atoms with E-state index < -0.39 is 24.1 Å². The molecule has 5 heteroatoms. The van der Waals surface area contributed by atoms with Gasteiger partial charge < -0.3 is 14.2 Å². The van der Waals surface area contributed by atoms with E-state index in [0.717, 1.165) is 19.3 Å². The van der Waals surface area contributed by atoms with Crippen molar-refractivity contribution in [3.63, 3.8) is 0 Å². The molecule has 2 heterocycles. The number of hydrogen-bond acceptors (Lipinski definition) is 5. The fraction of sp³-hybridized carbons (Fsp3) is 0.818. The molecular weight excluding hydrogens is 212 g/mol. The van der Waals surface area contributed by atoms with E-state index in [1.165, 1.54) is 7.11 Å². The highest BCUT2D eigenvalue weighted by Gasteiger charge is 2.58. The van der Waals surface area contributed by atoms with Crippen LogP contribution in [0.3, 0.4) is 0 Å². The lowest BCUT2D eigenvalue weighted by Crippen LogP contribution is -2.38. The first-order chi connectivity index (χ1) is 7.70. The summed E-state index contributed by atoms with van der Waals surface area (Å²) in [6.45, 7) is 0. The number of fused-ring (bicyclic) bond motifs is 4. The highest BCUT2D eigenvalue weighted by atomic mass is 16.7. The molecular formula is C11H14O5. The van der Waals surface area contributed by atoms with E-state index in [1.54, 1.807) is 0 Å². The SMILES string of the molecule is COC(=O)C1C(=O)OC2OC3CCC(C3)C21. The second-order valence-corrected chi connectivity index (χ2v) is 4.71. The zero-order chi connectivity index (χ0) is 11.3. The van der Waals surface area contributed by atoms with Gasteiger partial charge in [-0.05, 0) is 25.2 Å². The Hall–Kier alpha value is -1.10. The highest BCUT2D eigenvalue weighted by Crippen LogP contribution is 2.48. The number of hydrogen-bond donors (Lipinski definition) is 0. The van der Waals surface area contributed by atoms with Gasteiger partial charge in [0.25, 0.3) is 0 Å². The lowest BCUT2D eigenvalue weighted by atomic mass is 9.80. The largest absolute Gasteiger partial charge is 0.468 e. The summed E-state index contributed by atoms with van der Waals surface area (Å²) >= 11 is 0. The van der Waals surface area contributed by atoms with Gasteiger partial charge in [0.05, 0.1) is 13.2 Å². The maximum absolute atomic E-state index is 11.6. The molecule has 5 atom stereocenters. The molecule has 2 aliphatic heterocycles. The summed E-state index contributed by atoms with van der Waals surface area (Å²) in [4.78, 5) is 23.2. The van der Waals surface area contributed by atoms with Gasteiger partial charge in [0.15, 0.2) is 5.92 Å². The third kappa shape index (κ3) is 1.27. The van der Waals surface area contributed by atoms with E-state index in [-0.39, 0.29) is 12.0 Å². The summed E-state index contributed by atoms with van der Waals surface area (Å²) in [6, 6.07) is 0. The van der Waals surface area contributed by atoms with Gasteiger partial charge in [-0.25, -0.2) is 0 Å². The Morgan fingerprint density at radius 3 is 3.00 bits per heavy atom. The summed E-state index contributed by atoms with van der Waals surface area (Å²) in [5.41, 5.74) is 0. The van der Waals surface area contributed by atoms with E-state index in [1.807, 2.05) is 0 Å². The number of carbonyl (C=O) groups is 2. The molecule has 2 bridgehead atoms. The summed E-state index contributed by atoms with van der Waals surface area (Å²) in [6.07, 6.45) is 2.63. The highest BCUT2D eigenvalue weighted by molar-refractivity contribution is 5.96. The Bertz CT molecular complexity index is 339. The predicted octanol–water partition coefficient (Wildman–Crippen LogP) is 0.474.